The maximum absolute atomic E-state index is 13.0. The monoisotopic (exact) mass is 363 g/mol. The van der Waals surface area contributed by atoms with Crippen LogP contribution in [0.3, 0.4) is 0 Å². The van der Waals surface area contributed by atoms with Gasteiger partial charge in [-0.05, 0) is 50.2 Å². The Balaban J connectivity index is 0.00000169. The number of carbonyl (C=O) groups excluding carboxylic acids is 1. The molecule has 0 aliphatic carbocycles. The van der Waals surface area contributed by atoms with Crippen molar-refractivity contribution in [3.8, 4) is 0 Å². The van der Waals surface area contributed by atoms with Crippen molar-refractivity contribution < 1.29 is 4.79 Å². The number of thiazole rings is 1. The number of amides is 1. The molecule has 1 aromatic carbocycles. The molecule has 0 unspecified atom stereocenters. The average molecular weight is 364 g/mol. The van der Waals surface area contributed by atoms with Crippen LogP contribution in [0.25, 0.3) is 10.2 Å². The second kappa shape index (κ2) is 6.88. The molecule has 2 N–H and O–H groups in total. The van der Waals surface area contributed by atoms with Crippen molar-refractivity contribution >= 4 is 45.6 Å². The quantitative estimate of drug-likeness (QED) is 0.750. The minimum absolute atomic E-state index is 0. The first kappa shape index (κ1) is 16.9. The van der Waals surface area contributed by atoms with Gasteiger partial charge in [-0.1, -0.05) is 0 Å². The summed E-state index contributed by atoms with van der Waals surface area (Å²) in [6.07, 6.45) is 5.03. The van der Waals surface area contributed by atoms with Crippen molar-refractivity contribution in [2.24, 2.45) is 0 Å². The van der Waals surface area contributed by atoms with E-state index in [9.17, 15) is 4.79 Å². The largest absolute Gasteiger partial charge is 0.324 e. The van der Waals surface area contributed by atoms with Gasteiger partial charge in [0.15, 0.2) is 0 Å². The Morgan fingerprint density at radius 3 is 2.92 bits per heavy atom. The normalized spacial score (nSPS) is 16.5. The summed E-state index contributed by atoms with van der Waals surface area (Å²) in [7, 11) is 0. The van der Waals surface area contributed by atoms with Crippen LogP contribution < -0.4 is 10.6 Å². The highest BCUT2D eigenvalue weighted by atomic mass is 35.5. The molecule has 3 aromatic rings. The van der Waals surface area contributed by atoms with Gasteiger partial charge in [-0.2, -0.15) is 5.10 Å². The third-order valence-electron chi connectivity index (χ3n) is 4.38. The Morgan fingerprint density at radius 2 is 2.17 bits per heavy atom. The lowest BCUT2D eigenvalue weighted by Crippen LogP contribution is -2.52. The second-order valence-electron chi connectivity index (χ2n) is 5.72. The van der Waals surface area contributed by atoms with Gasteiger partial charge in [-0.3, -0.25) is 9.48 Å². The van der Waals surface area contributed by atoms with Crippen LogP contribution in [0.4, 0.5) is 5.69 Å². The Bertz CT molecular complexity index is 826. The highest BCUT2D eigenvalue weighted by molar-refractivity contribution is 7.16. The Hall–Kier alpha value is -1.96. The maximum Gasteiger partial charge on any atom is 0.252 e. The van der Waals surface area contributed by atoms with Crippen molar-refractivity contribution in [3.63, 3.8) is 0 Å². The topological polar surface area (TPSA) is 71.8 Å². The number of halogens is 1. The zero-order chi connectivity index (χ0) is 15.7. The summed E-state index contributed by atoms with van der Waals surface area (Å²) in [5, 5.41) is 10.7. The van der Waals surface area contributed by atoms with Crippen LogP contribution in [-0.2, 0) is 10.3 Å². The number of carbonyl (C=O) groups is 1. The molecule has 24 heavy (non-hydrogen) atoms. The summed E-state index contributed by atoms with van der Waals surface area (Å²) in [5.74, 6) is -0.0164. The molecule has 0 atom stereocenters. The first-order chi connectivity index (χ1) is 11.3. The van der Waals surface area contributed by atoms with Crippen molar-refractivity contribution in [2.75, 3.05) is 18.4 Å². The zero-order valence-electron chi connectivity index (χ0n) is 12.9. The lowest BCUT2D eigenvalue weighted by atomic mass is 9.87. The van der Waals surface area contributed by atoms with Crippen LogP contribution in [0, 0.1) is 0 Å². The van der Waals surface area contributed by atoms with E-state index in [1.54, 1.807) is 22.2 Å². The predicted molar refractivity (Wildman–Crippen MR) is 97.8 cm³/mol. The van der Waals surface area contributed by atoms with Crippen molar-refractivity contribution in [1.82, 2.24) is 20.1 Å². The number of nitrogens with zero attached hydrogens (tertiary/aromatic N) is 3. The number of aromatic nitrogens is 3. The summed E-state index contributed by atoms with van der Waals surface area (Å²) in [4.78, 5) is 17.4. The SMILES string of the molecule is Cl.O=C(Nc1ccc2scnc2c1)C1(n2cccn2)CCNCC1. The van der Waals surface area contributed by atoms with Crippen LogP contribution in [0.1, 0.15) is 12.8 Å². The molecule has 1 saturated heterocycles. The van der Waals surface area contributed by atoms with Crippen LogP contribution in [0.2, 0.25) is 0 Å². The molecule has 8 heteroatoms. The molecule has 0 saturated carbocycles. The van der Waals surface area contributed by atoms with E-state index in [0.29, 0.717) is 0 Å². The highest BCUT2D eigenvalue weighted by Gasteiger charge is 2.42. The lowest BCUT2D eigenvalue weighted by molar-refractivity contribution is -0.126. The molecule has 126 valence electrons. The van der Waals surface area contributed by atoms with Gasteiger partial charge in [0, 0.05) is 18.1 Å². The fourth-order valence-electron chi connectivity index (χ4n) is 3.11. The zero-order valence-corrected chi connectivity index (χ0v) is 14.6. The van der Waals surface area contributed by atoms with Gasteiger partial charge in [0.1, 0.15) is 5.54 Å². The molecule has 2 aromatic heterocycles. The first-order valence-electron chi connectivity index (χ1n) is 7.63. The Morgan fingerprint density at radius 1 is 1.33 bits per heavy atom. The molecule has 6 nitrogen and oxygen atoms in total. The van der Waals surface area contributed by atoms with Crippen LogP contribution >= 0.6 is 23.7 Å². The summed E-state index contributed by atoms with van der Waals surface area (Å²) in [5.41, 5.74) is 2.87. The van der Waals surface area contributed by atoms with E-state index >= 15 is 0 Å². The molecule has 0 radical (unpaired) electrons. The lowest BCUT2D eigenvalue weighted by Gasteiger charge is -2.36. The van der Waals surface area contributed by atoms with Gasteiger partial charge in [0.25, 0.3) is 5.91 Å². The minimum atomic E-state index is -0.633. The number of benzene rings is 1. The molecule has 1 aliphatic rings. The molecule has 1 fully saturated rings. The molecular formula is C16H18ClN5OS. The summed E-state index contributed by atoms with van der Waals surface area (Å²) in [6, 6.07) is 7.70. The number of nitrogens with one attached hydrogen (secondary N) is 2. The van der Waals surface area contributed by atoms with Crippen molar-refractivity contribution in [3.05, 3.63) is 42.2 Å². The van der Waals surface area contributed by atoms with E-state index in [4.69, 9.17) is 0 Å². The molecule has 1 aliphatic heterocycles. The predicted octanol–water partition coefficient (Wildman–Crippen LogP) is 2.63. The van der Waals surface area contributed by atoms with Gasteiger partial charge < -0.3 is 10.6 Å². The van der Waals surface area contributed by atoms with Gasteiger partial charge in [-0.15, -0.1) is 23.7 Å². The molecule has 1 amide bonds. The average Bonchev–Trinajstić information content (AvgIpc) is 3.27. The summed E-state index contributed by atoms with van der Waals surface area (Å²) < 4.78 is 2.91. The fourth-order valence-corrected chi connectivity index (χ4v) is 3.76. The summed E-state index contributed by atoms with van der Waals surface area (Å²) in [6.45, 7) is 1.61. The molecule has 3 heterocycles. The number of fused-ring (bicyclic) bond motifs is 1. The fraction of sp³-hybridized carbons (Fsp3) is 0.312. The number of hydrogen-bond donors (Lipinski definition) is 2. The van der Waals surface area contributed by atoms with Gasteiger partial charge in [-0.25, -0.2) is 4.98 Å². The standard InChI is InChI=1S/C16H17N5OS.ClH/c22-15(20-12-2-3-14-13(10-12)18-11-23-14)16(4-7-17-8-5-16)21-9-1-6-19-21;/h1-3,6,9-11,17H,4-5,7-8H2,(H,20,22);1H. The van der Waals surface area contributed by atoms with E-state index in [1.165, 1.54) is 0 Å². The number of anilines is 1. The third kappa shape index (κ3) is 2.90. The van der Waals surface area contributed by atoms with Crippen molar-refractivity contribution in [1.29, 1.82) is 0 Å². The molecule has 4 rings (SSSR count). The second-order valence-corrected chi connectivity index (χ2v) is 6.61. The number of rotatable bonds is 3. The van der Waals surface area contributed by atoms with Crippen molar-refractivity contribution in [2.45, 2.75) is 18.4 Å². The van der Waals surface area contributed by atoms with E-state index < -0.39 is 5.54 Å². The molecule has 0 spiro atoms. The Labute approximate surface area is 149 Å². The summed E-state index contributed by atoms with van der Waals surface area (Å²) >= 11 is 1.59. The van der Waals surface area contributed by atoms with Gasteiger partial charge in [0.2, 0.25) is 0 Å². The van der Waals surface area contributed by atoms with E-state index in [0.717, 1.165) is 41.8 Å². The van der Waals surface area contributed by atoms with E-state index in [1.807, 2.05) is 36.0 Å². The Kier molecular flexibility index (Phi) is 4.84. The highest BCUT2D eigenvalue weighted by Crippen LogP contribution is 2.29. The van der Waals surface area contributed by atoms with E-state index in [-0.39, 0.29) is 18.3 Å². The molecule has 0 bridgehead atoms. The minimum Gasteiger partial charge on any atom is -0.324 e. The van der Waals surface area contributed by atoms with E-state index in [2.05, 4.69) is 20.7 Å². The number of hydrogen-bond acceptors (Lipinski definition) is 5. The third-order valence-corrected chi connectivity index (χ3v) is 5.19. The van der Waals surface area contributed by atoms with Crippen LogP contribution in [0.5, 0.6) is 0 Å². The number of piperidine rings is 1. The van der Waals surface area contributed by atoms with Crippen LogP contribution in [-0.4, -0.2) is 33.8 Å². The van der Waals surface area contributed by atoms with Gasteiger partial charge in [0.05, 0.1) is 15.7 Å². The maximum atomic E-state index is 13.0. The smallest absolute Gasteiger partial charge is 0.252 e. The first-order valence-corrected chi connectivity index (χ1v) is 8.51. The molecular weight excluding hydrogens is 346 g/mol. The van der Waals surface area contributed by atoms with Crippen LogP contribution in [0.15, 0.2) is 42.2 Å². The van der Waals surface area contributed by atoms with Gasteiger partial charge >= 0.3 is 0 Å².